The van der Waals surface area contributed by atoms with Crippen LogP contribution in [0.25, 0.3) is 10.6 Å². The molecule has 0 spiro atoms. The topological polar surface area (TPSA) is 81.3 Å². The summed E-state index contributed by atoms with van der Waals surface area (Å²) in [6, 6.07) is 14.2. The van der Waals surface area contributed by atoms with Crippen LogP contribution in [0.4, 0.5) is 13.2 Å². The number of aryl methyl sites for hydroxylation is 1. The first-order chi connectivity index (χ1) is 16.2. The van der Waals surface area contributed by atoms with Crippen LogP contribution < -0.4 is 10.5 Å². The fraction of sp³-hybridized carbons (Fsp3) is 0.440. The zero-order valence-corrected chi connectivity index (χ0v) is 20.0. The summed E-state index contributed by atoms with van der Waals surface area (Å²) < 4.78 is 46.5. The van der Waals surface area contributed by atoms with Crippen molar-refractivity contribution in [2.45, 2.75) is 57.2 Å². The van der Waals surface area contributed by atoms with Crippen molar-refractivity contribution in [1.82, 2.24) is 10.2 Å². The van der Waals surface area contributed by atoms with Gasteiger partial charge in [-0.3, -0.25) is 0 Å². The molecule has 1 atom stereocenters. The second-order valence-electron chi connectivity index (χ2n) is 8.55. The Morgan fingerprint density at radius 2 is 1.68 bits per heavy atom. The van der Waals surface area contributed by atoms with Crippen molar-refractivity contribution in [3.05, 3.63) is 64.7 Å². The SMILES string of the molecule is CC(N)(CO)c1nnc(-c2ccc(OCCCCCCCc3ccccc3)c(C(F)(F)F)c2)s1. The Kier molecular flexibility index (Phi) is 9.04. The number of rotatable bonds is 12. The molecular weight excluding hydrogens is 463 g/mol. The van der Waals surface area contributed by atoms with Crippen LogP contribution in [0, 0.1) is 0 Å². The monoisotopic (exact) mass is 493 g/mol. The first-order valence-corrected chi connectivity index (χ1v) is 12.1. The molecule has 3 aromatic rings. The summed E-state index contributed by atoms with van der Waals surface area (Å²) in [6.07, 6.45) is 1.28. The van der Waals surface area contributed by atoms with E-state index in [4.69, 9.17) is 10.5 Å². The maximum atomic E-state index is 13.7. The van der Waals surface area contributed by atoms with E-state index in [-0.39, 0.29) is 24.5 Å². The third kappa shape index (κ3) is 7.25. The lowest BCUT2D eigenvalue weighted by Gasteiger charge is -2.17. The van der Waals surface area contributed by atoms with Crippen molar-refractivity contribution in [3.63, 3.8) is 0 Å². The molecule has 9 heteroatoms. The minimum absolute atomic E-state index is 0.191. The second kappa shape index (κ2) is 11.8. The van der Waals surface area contributed by atoms with E-state index >= 15 is 0 Å². The Hall–Kier alpha value is -2.49. The smallest absolute Gasteiger partial charge is 0.419 e. The van der Waals surface area contributed by atoms with Crippen LogP contribution in [0.5, 0.6) is 5.75 Å². The van der Waals surface area contributed by atoms with Gasteiger partial charge in [-0.15, -0.1) is 10.2 Å². The number of nitrogens with zero attached hydrogens (tertiary/aromatic N) is 2. The van der Waals surface area contributed by atoms with Crippen molar-refractivity contribution in [2.24, 2.45) is 5.73 Å². The maximum Gasteiger partial charge on any atom is 0.419 e. The van der Waals surface area contributed by atoms with Gasteiger partial charge in [-0.25, -0.2) is 0 Å². The average molecular weight is 494 g/mol. The number of nitrogens with two attached hydrogens (primary N) is 1. The number of halogens is 3. The van der Waals surface area contributed by atoms with Crippen LogP contribution in [0.15, 0.2) is 48.5 Å². The third-order valence-electron chi connectivity index (χ3n) is 5.48. The number of hydrogen-bond donors (Lipinski definition) is 2. The van der Waals surface area contributed by atoms with Gasteiger partial charge in [0.05, 0.1) is 24.3 Å². The first kappa shape index (κ1) is 26.1. The summed E-state index contributed by atoms with van der Waals surface area (Å²) in [5.41, 5.74) is 5.59. The molecule has 184 valence electrons. The molecule has 1 heterocycles. The summed E-state index contributed by atoms with van der Waals surface area (Å²) in [5.74, 6) is -0.191. The van der Waals surface area contributed by atoms with Crippen molar-refractivity contribution >= 4 is 11.3 Å². The van der Waals surface area contributed by atoms with E-state index in [1.54, 1.807) is 6.92 Å². The normalized spacial score (nSPS) is 13.6. The molecule has 0 aliphatic heterocycles. The molecule has 0 aliphatic rings. The second-order valence-corrected chi connectivity index (χ2v) is 9.53. The fourth-order valence-electron chi connectivity index (χ4n) is 3.44. The fourth-order valence-corrected chi connectivity index (χ4v) is 4.33. The van der Waals surface area contributed by atoms with E-state index in [9.17, 15) is 18.3 Å². The van der Waals surface area contributed by atoms with Crippen molar-refractivity contribution < 1.29 is 23.0 Å². The molecule has 2 aromatic carbocycles. The number of unbranched alkanes of at least 4 members (excludes halogenated alkanes) is 4. The van der Waals surface area contributed by atoms with Gasteiger partial charge in [-0.05, 0) is 49.9 Å². The maximum absolute atomic E-state index is 13.7. The molecule has 0 bridgehead atoms. The van der Waals surface area contributed by atoms with Crippen LogP contribution in [0.2, 0.25) is 0 Å². The number of alkyl halides is 3. The number of hydrogen-bond acceptors (Lipinski definition) is 6. The van der Waals surface area contributed by atoms with E-state index in [1.807, 2.05) is 18.2 Å². The van der Waals surface area contributed by atoms with Crippen LogP contribution in [0.1, 0.15) is 55.2 Å². The Bertz CT molecular complexity index is 1040. The van der Waals surface area contributed by atoms with Gasteiger partial charge in [0.1, 0.15) is 15.8 Å². The van der Waals surface area contributed by atoms with Gasteiger partial charge >= 0.3 is 6.18 Å². The van der Waals surface area contributed by atoms with Crippen LogP contribution in [0.3, 0.4) is 0 Å². The highest BCUT2D eigenvalue weighted by Gasteiger charge is 2.35. The minimum Gasteiger partial charge on any atom is -0.493 e. The highest BCUT2D eigenvalue weighted by atomic mass is 32.1. The van der Waals surface area contributed by atoms with Gasteiger partial charge in [0.25, 0.3) is 0 Å². The summed E-state index contributed by atoms with van der Waals surface area (Å²) in [6.45, 7) is 1.46. The molecule has 0 amide bonds. The summed E-state index contributed by atoms with van der Waals surface area (Å²) in [7, 11) is 0. The molecule has 0 saturated carbocycles. The molecule has 34 heavy (non-hydrogen) atoms. The van der Waals surface area contributed by atoms with E-state index in [2.05, 4.69) is 22.3 Å². The predicted molar refractivity (Wildman–Crippen MR) is 128 cm³/mol. The molecule has 0 radical (unpaired) electrons. The molecule has 0 saturated heterocycles. The molecule has 0 aliphatic carbocycles. The zero-order valence-electron chi connectivity index (χ0n) is 19.1. The number of aromatic nitrogens is 2. The van der Waals surface area contributed by atoms with Gasteiger partial charge in [-0.1, -0.05) is 60.9 Å². The van der Waals surface area contributed by atoms with E-state index < -0.39 is 17.3 Å². The molecule has 1 aromatic heterocycles. The van der Waals surface area contributed by atoms with Gasteiger partial charge < -0.3 is 15.6 Å². The van der Waals surface area contributed by atoms with Crippen LogP contribution in [-0.2, 0) is 18.1 Å². The quantitative estimate of drug-likeness (QED) is 0.304. The van der Waals surface area contributed by atoms with E-state index in [0.29, 0.717) is 16.4 Å². The number of ether oxygens (including phenoxy) is 1. The first-order valence-electron chi connectivity index (χ1n) is 11.3. The highest BCUT2D eigenvalue weighted by molar-refractivity contribution is 7.14. The minimum atomic E-state index is -4.57. The third-order valence-corrected chi connectivity index (χ3v) is 6.74. The molecule has 3 rings (SSSR count). The summed E-state index contributed by atoms with van der Waals surface area (Å²) >= 11 is 1.06. The summed E-state index contributed by atoms with van der Waals surface area (Å²) in [5, 5.41) is 17.9. The van der Waals surface area contributed by atoms with Gasteiger partial charge in [0, 0.05) is 5.56 Å². The van der Waals surface area contributed by atoms with Gasteiger partial charge in [0.2, 0.25) is 0 Å². The number of benzene rings is 2. The molecule has 3 N–H and O–H groups in total. The largest absolute Gasteiger partial charge is 0.493 e. The lowest BCUT2D eigenvalue weighted by Crippen LogP contribution is -2.36. The Morgan fingerprint density at radius 1 is 0.971 bits per heavy atom. The predicted octanol–water partition coefficient (Wildman–Crippen LogP) is 5.96. The number of aliphatic hydroxyl groups excluding tert-OH is 1. The Morgan fingerprint density at radius 3 is 2.38 bits per heavy atom. The lowest BCUT2D eigenvalue weighted by atomic mass is 10.1. The van der Waals surface area contributed by atoms with Gasteiger partial charge in [0.15, 0.2) is 0 Å². The summed E-state index contributed by atoms with van der Waals surface area (Å²) in [4.78, 5) is 0. The van der Waals surface area contributed by atoms with Crippen molar-refractivity contribution in [3.8, 4) is 16.3 Å². The Labute approximate surface area is 201 Å². The van der Waals surface area contributed by atoms with E-state index in [1.165, 1.54) is 17.7 Å². The number of aliphatic hydroxyl groups is 1. The Balaban J connectivity index is 1.52. The van der Waals surface area contributed by atoms with Crippen LogP contribution in [-0.4, -0.2) is 28.5 Å². The zero-order chi connectivity index (χ0) is 24.6. The molecule has 5 nitrogen and oxygen atoms in total. The van der Waals surface area contributed by atoms with E-state index in [0.717, 1.165) is 49.5 Å². The highest BCUT2D eigenvalue weighted by Crippen LogP contribution is 2.39. The lowest BCUT2D eigenvalue weighted by molar-refractivity contribution is -0.138. The molecule has 1 unspecified atom stereocenters. The van der Waals surface area contributed by atoms with Crippen LogP contribution >= 0.6 is 11.3 Å². The molecule has 0 fully saturated rings. The standard InChI is InChI=1S/C25H30F3N3O2S/c1-24(29,17-32)23-31-30-22(34-23)19-13-14-21(20(16-19)25(26,27)28)33-15-9-4-2-3-6-10-18-11-7-5-8-12-18/h5,7-8,11-14,16,32H,2-4,6,9-10,15,17,29H2,1H3. The van der Waals surface area contributed by atoms with Crippen molar-refractivity contribution in [2.75, 3.05) is 13.2 Å². The average Bonchev–Trinajstić information content (AvgIpc) is 3.32. The molecular formula is C25H30F3N3O2S. The van der Waals surface area contributed by atoms with Crippen molar-refractivity contribution in [1.29, 1.82) is 0 Å². The van der Waals surface area contributed by atoms with Gasteiger partial charge in [-0.2, -0.15) is 13.2 Å².